The highest BCUT2D eigenvalue weighted by atomic mass is 32.1. The Hall–Kier alpha value is -2.58. The minimum atomic E-state index is -0.393. The zero-order valence-corrected chi connectivity index (χ0v) is 22.0. The minimum Gasteiger partial charge on any atom is -0.491 e. The number of hydrogen-bond acceptors (Lipinski definition) is 5. The summed E-state index contributed by atoms with van der Waals surface area (Å²) in [5.74, 6) is 0.758. The van der Waals surface area contributed by atoms with Gasteiger partial charge in [0.15, 0.2) is 0 Å². The molecule has 2 aromatic rings. The second-order valence-corrected chi connectivity index (χ2v) is 11.4. The molecule has 1 N–H and O–H groups in total. The number of nitrogens with zero attached hydrogens (tertiary/aromatic N) is 2. The van der Waals surface area contributed by atoms with Crippen LogP contribution in [0.25, 0.3) is 0 Å². The summed E-state index contributed by atoms with van der Waals surface area (Å²) >= 11 is 1.73. The summed E-state index contributed by atoms with van der Waals surface area (Å²) in [5.41, 5.74) is 1.82. The number of aryl methyl sites for hydroxylation is 1. The first kappa shape index (κ1) is 25.5. The Kier molecular flexibility index (Phi) is 8.02. The number of carbonyl (C=O) groups excluding carboxylic acids is 2. The largest absolute Gasteiger partial charge is 0.491 e. The molecule has 1 aromatic carbocycles. The number of carbonyl (C=O) groups is 2. The number of fused-ring (bicyclic) bond motifs is 1. The van der Waals surface area contributed by atoms with E-state index in [-0.39, 0.29) is 30.6 Å². The zero-order chi connectivity index (χ0) is 25.0. The highest BCUT2D eigenvalue weighted by molar-refractivity contribution is 7.10. The second-order valence-electron chi connectivity index (χ2n) is 10.4. The number of ether oxygens (including phenoxy) is 2. The van der Waals surface area contributed by atoms with Gasteiger partial charge in [-0.2, -0.15) is 0 Å². The lowest BCUT2D eigenvalue weighted by molar-refractivity contribution is -0.135. The molecule has 3 amide bonds. The SMILES string of the molecule is Cc1ccccc1OC[C@@H]1c2ccsc2CCN1C(=O)CN(C[C@@H]1CCCO1)C(=O)NC(C)(C)C. The molecule has 2 atom stereocenters. The fraction of sp³-hybridized carbons (Fsp3) is 0.556. The van der Waals surface area contributed by atoms with Crippen LogP contribution in [-0.2, 0) is 16.0 Å². The van der Waals surface area contributed by atoms with Gasteiger partial charge in [0.05, 0.1) is 12.1 Å². The predicted octanol–water partition coefficient (Wildman–Crippen LogP) is 4.55. The van der Waals surface area contributed by atoms with Crippen molar-refractivity contribution in [3.63, 3.8) is 0 Å². The lowest BCUT2D eigenvalue weighted by Crippen LogP contribution is -2.54. The van der Waals surface area contributed by atoms with Crippen molar-refractivity contribution in [2.75, 3.05) is 32.8 Å². The average Bonchev–Trinajstić information content (AvgIpc) is 3.48. The smallest absolute Gasteiger partial charge is 0.318 e. The maximum absolute atomic E-state index is 13.7. The highest BCUT2D eigenvalue weighted by Gasteiger charge is 2.35. The molecule has 35 heavy (non-hydrogen) atoms. The van der Waals surface area contributed by atoms with Gasteiger partial charge in [-0.05, 0) is 75.6 Å². The summed E-state index contributed by atoms with van der Waals surface area (Å²) in [6.45, 7) is 9.97. The Balaban J connectivity index is 1.51. The van der Waals surface area contributed by atoms with Crippen LogP contribution in [0.1, 0.15) is 55.7 Å². The van der Waals surface area contributed by atoms with Crippen molar-refractivity contribution >= 4 is 23.3 Å². The number of para-hydroxylation sites is 1. The van der Waals surface area contributed by atoms with Crippen LogP contribution in [0, 0.1) is 6.92 Å². The Morgan fingerprint density at radius 2 is 2.06 bits per heavy atom. The van der Waals surface area contributed by atoms with Gasteiger partial charge in [-0.1, -0.05) is 18.2 Å². The Labute approximate surface area is 212 Å². The average molecular weight is 500 g/mol. The van der Waals surface area contributed by atoms with E-state index >= 15 is 0 Å². The van der Waals surface area contributed by atoms with Gasteiger partial charge >= 0.3 is 6.03 Å². The van der Waals surface area contributed by atoms with E-state index < -0.39 is 5.54 Å². The highest BCUT2D eigenvalue weighted by Crippen LogP contribution is 2.34. The van der Waals surface area contributed by atoms with E-state index in [2.05, 4.69) is 16.8 Å². The third-order valence-electron chi connectivity index (χ3n) is 6.45. The molecule has 0 radical (unpaired) electrons. The van der Waals surface area contributed by atoms with Gasteiger partial charge in [0, 0.05) is 30.1 Å². The molecule has 190 valence electrons. The molecule has 0 spiro atoms. The summed E-state index contributed by atoms with van der Waals surface area (Å²) in [5, 5.41) is 5.10. The number of benzene rings is 1. The summed E-state index contributed by atoms with van der Waals surface area (Å²) in [4.78, 5) is 31.6. The van der Waals surface area contributed by atoms with E-state index in [4.69, 9.17) is 9.47 Å². The van der Waals surface area contributed by atoms with Crippen LogP contribution < -0.4 is 10.1 Å². The van der Waals surface area contributed by atoms with Gasteiger partial charge in [-0.25, -0.2) is 4.79 Å². The van der Waals surface area contributed by atoms with Gasteiger partial charge in [-0.3, -0.25) is 4.79 Å². The van der Waals surface area contributed by atoms with Crippen LogP contribution in [0.3, 0.4) is 0 Å². The third-order valence-corrected chi connectivity index (χ3v) is 7.45. The van der Waals surface area contributed by atoms with Crippen LogP contribution in [0.15, 0.2) is 35.7 Å². The van der Waals surface area contributed by atoms with E-state index in [1.165, 1.54) is 4.88 Å². The van der Waals surface area contributed by atoms with Crippen molar-refractivity contribution in [3.8, 4) is 5.75 Å². The number of amides is 3. The molecule has 1 saturated heterocycles. The minimum absolute atomic E-state index is 0.0160. The number of hydrogen-bond donors (Lipinski definition) is 1. The maximum atomic E-state index is 13.7. The summed E-state index contributed by atoms with van der Waals surface area (Å²) < 4.78 is 12.0. The zero-order valence-electron chi connectivity index (χ0n) is 21.2. The molecule has 0 saturated carbocycles. The molecule has 3 heterocycles. The number of nitrogens with one attached hydrogen (secondary N) is 1. The summed E-state index contributed by atoms with van der Waals surface area (Å²) in [6.07, 6.45) is 2.68. The first-order valence-electron chi connectivity index (χ1n) is 12.4. The van der Waals surface area contributed by atoms with Crippen molar-refractivity contribution in [3.05, 3.63) is 51.7 Å². The Morgan fingerprint density at radius 1 is 1.26 bits per heavy atom. The van der Waals surface area contributed by atoms with Gasteiger partial charge in [-0.15, -0.1) is 11.3 Å². The van der Waals surface area contributed by atoms with Crippen molar-refractivity contribution < 1.29 is 19.1 Å². The fourth-order valence-electron chi connectivity index (χ4n) is 4.67. The molecule has 7 nitrogen and oxygen atoms in total. The van der Waals surface area contributed by atoms with E-state index in [0.29, 0.717) is 26.3 Å². The van der Waals surface area contributed by atoms with Crippen molar-refractivity contribution in [2.45, 2.75) is 64.6 Å². The monoisotopic (exact) mass is 499 g/mol. The fourth-order valence-corrected chi connectivity index (χ4v) is 5.60. The molecule has 2 aliphatic rings. The van der Waals surface area contributed by atoms with E-state index in [1.807, 2.05) is 56.9 Å². The molecule has 1 aromatic heterocycles. The van der Waals surface area contributed by atoms with Crippen LogP contribution in [0.5, 0.6) is 5.75 Å². The summed E-state index contributed by atoms with van der Waals surface area (Å²) in [7, 11) is 0. The van der Waals surface area contributed by atoms with Gasteiger partial charge in [0.1, 0.15) is 18.9 Å². The van der Waals surface area contributed by atoms with Crippen molar-refractivity contribution in [1.82, 2.24) is 15.1 Å². The second kappa shape index (κ2) is 11.0. The molecule has 0 bridgehead atoms. The topological polar surface area (TPSA) is 71.1 Å². The Morgan fingerprint density at radius 3 is 2.77 bits per heavy atom. The van der Waals surface area contributed by atoms with Crippen molar-refractivity contribution in [2.24, 2.45) is 0 Å². The molecule has 1 fully saturated rings. The number of thiophene rings is 1. The maximum Gasteiger partial charge on any atom is 0.318 e. The van der Waals surface area contributed by atoms with Crippen LogP contribution in [0.2, 0.25) is 0 Å². The van der Waals surface area contributed by atoms with E-state index in [1.54, 1.807) is 16.2 Å². The molecular weight excluding hydrogens is 462 g/mol. The lowest BCUT2D eigenvalue weighted by Gasteiger charge is -2.37. The normalized spacial score (nSPS) is 19.8. The van der Waals surface area contributed by atoms with E-state index in [0.717, 1.165) is 36.1 Å². The molecule has 0 unspecified atom stereocenters. The number of urea groups is 1. The van der Waals surface area contributed by atoms with Crippen molar-refractivity contribution in [1.29, 1.82) is 0 Å². The first-order chi connectivity index (χ1) is 16.7. The van der Waals surface area contributed by atoms with Gasteiger partial charge in [0.2, 0.25) is 5.91 Å². The van der Waals surface area contributed by atoms with E-state index in [9.17, 15) is 9.59 Å². The summed E-state index contributed by atoms with van der Waals surface area (Å²) in [6, 6.07) is 9.60. The standard InChI is InChI=1S/C27H37N3O4S/c1-19-8-5-6-10-23(19)34-18-22-21-12-15-35-24(21)11-13-30(22)25(31)17-29(16-20-9-7-14-33-20)26(32)28-27(2,3)4/h5-6,8,10,12,15,20,22H,7,9,11,13-14,16-18H2,1-4H3,(H,28,32)/t20-,22+/m0/s1. The Bertz CT molecular complexity index is 1030. The molecular formula is C27H37N3O4S. The van der Waals surface area contributed by atoms with Gasteiger partial charge < -0.3 is 24.6 Å². The predicted molar refractivity (Wildman–Crippen MR) is 138 cm³/mol. The van der Waals surface area contributed by atoms with Crippen LogP contribution >= 0.6 is 11.3 Å². The third kappa shape index (κ3) is 6.55. The number of rotatable bonds is 7. The molecule has 2 aliphatic heterocycles. The molecule has 0 aliphatic carbocycles. The lowest BCUT2D eigenvalue weighted by atomic mass is 10.00. The van der Waals surface area contributed by atoms with Crippen LogP contribution in [-0.4, -0.2) is 66.2 Å². The van der Waals surface area contributed by atoms with Crippen LogP contribution in [0.4, 0.5) is 4.79 Å². The molecule has 4 rings (SSSR count). The van der Waals surface area contributed by atoms with Gasteiger partial charge in [0.25, 0.3) is 0 Å². The first-order valence-corrected chi connectivity index (χ1v) is 13.3. The molecule has 8 heteroatoms. The quantitative estimate of drug-likeness (QED) is 0.607.